The van der Waals surface area contributed by atoms with Crippen LogP contribution in [-0.4, -0.2) is 22.4 Å². The first kappa shape index (κ1) is 12.0. The maximum absolute atomic E-state index is 10.1. The number of rotatable bonds is 2. The van der Waals surface area contributed by atoms with Gasteiger partial charge in [-0.25, -0.2) is 0 Å². The minimum absolute atomic E-state index is 0.104. The predicted molar refractivity (Wildman–Crippen MR) is 58.1 cm³/mol. The van der Waals surface area contributed by atoms with Gasteiger partial charge in [0.2, 0.25) is 0 Å². The first-order valence-corrected chi connectivity index (χ1v) is 5.56. The van der Waals surface area contributed by atoms with E-state index in [-0.39, 0.29) is 12.0 Å². The third kappa shape index (κ3) is 2.12. The molecule has 1 saturated carbocycles. The summed E-state index contributed by atoms with van der Waals surface area (Å²) in [5.74, 6) is 0. The van der Waals surface area contributed by atoms with Gasteiger partial charge in [0.25, 0.3) is 0 Å². The lowest BCUT2D eigenvalue weighted by molar-refractivity contribution is -0.117. The van der Waals surface area contributed by atoms with Crippen LogP contribution in [0.1, 0.15) is 53.4 Å². The zero-order valence-electron chi connectivity index (χ0n) is 9.93. The summed E-state index contributed by atoms with van der Waals surface area (Å²) in [7, 11) is 0. The van der Waals surface area contributed by atoms with Gasteiger partial charge in [-0.2, -0.15) is 0 Å². The monoisotopic (exact) mass is 200 g/mol. The molecule has 0 saturated heterocycles. The van der Waals surface area contributed by atoms with Crippen LogP contribution in [0.2, 0.25) is 0 Å². The summed E-state index contributed by atoms with van der Waals surface area (Å²) in [6.45, 7) is 8.27. The lowest BCUT2D eigenvalue weighted by Gasteiger charge is -2.49. The largest absolute Gasteiger partial charge is 0.396 e. The molecule has 0 spiro atoms. The average Bonchev–Trinajstić information content (AvgIpc) is 2.03. The molecule has 0 heterocycles. The van der Waals surface area contributed by atoms with E-state index < -0.39 is 5.60 Å². The fourth-order valence-electron chi connectivity index (χ4n) is 2.37. The molecule has 0 aromatic carbocycles. The molecule has 0 aliphatic heterocycles. The lowest BCUT2D eigenvalue weighted by atomic mass is 9.59. The molecule has 2 N–H and O–H groups in total. The van der Waals surface area contributed by atoms with Crippen molar-refractivity contribution in [3.05, 3.63) is 0 Å². The van der Waals surface area contributed by atoms with E-state index in [0.29, 0.717) is 5.41 Å². The molecular weight excluding hydrogens is 176 g/mol. The van der Waals surface area contributed by atoms with Crippen LogP contribution in [0, 0.1) is 10.8 Å². The Kier molecular flexibility index (Phi) is 2.99. The van der Waals surface area contributed by atoms with E-state index in [4.69, 9.17) is 0 Å². The number of aliphatic hydroxyl groups is 2. The van der Waals surface area contributed by atoms with E-state index in [1.807, 2.05) is 13.8 Å². The van der Waals surface area contributed by atoms with E-state index >= 15 is 0 Å². The van der Waals surface area contributed by atoms with E-state index in [0.717, 1.165) is 25.7 Å². The Bertz CT molecular complexity index is 191. The second kappa shape index (κ2) is 3.49. The zero-order chi connectivity index (χ0) is 11.0. The Balaban J connectivity index is 2.77. The normalized spacial score (nSPS) is 26.1. The summed E-state index contributed by atoms with van der Waals surface area (Å²) < 4.78 is 0. The molecule has 0 aromatic rings. The molecule has 1 fully saturated rings. The van der Waals surface area contributed by atoms with Crippen LogP contribution in [0.15, 0.2) is 0 Å². The van der Waals surface area contributed by atoms with Gasteiger partial charge in [-0.3, -0.25) is 0 Å². The van der Waals surface area contributed by atoms with Crippen LogP contribution in [0.4, 0.5) is 0 Å². The Morgan fingerprint density at radius 2 is 1.50 bits per heavy atom. The summed E-state index contributed by atoms with van der Waals surface area (Å²) in [6, 6.07) is 0. The standard InChI is InChI=1S/C12H24O2/c1-10(2)5-7-12(9-13,8-6-10)11(3,4)14/h13-14H,5-9H2,1-4H3. The SMILES string of the molecule is CC1(C)CCC(CO)(C(C)(C)O)CC1. The second-order valence-corrected chi connectivity index (χ2v) is 6.16. The van der Waals surface area contributed by atoms with Gasteiger partial charge in [-0.05, 0) is 44.9 Å². The molecule has 0 atom stereocenters. The van der Waals surface area contributed by atoms with Gasteiger partial charge in [-0.1, -0.05) is 13.8 Å². The van der Waals surface area contributed by atoms with E-state index in [1.165, 1.54) is 0 Å². The highest BCUT2D eigenvalue weighted by Gasteiger charge is 2.47. The molecule has 0 aromatic heterocycles. The Morgan fingerprint density at radius 1 is 1.07 bits per heavy atom. The van der Waals surface area contributed by atoms with Gasteiger partial charge in [-0.15, -0.1) is 0 Å². The topological polar surface area (TPSA) is 40.5 Å². The molecule has 1 aliphatic rings. The van der Waals surface area contributed by atoms with Crippen molar-refractivity contribution in [2.75, 3.05) is 6.61 Å². The summed E-state index contributed by atoms with van der Waals surface area (Å²) >= 11 is 0. The minimum atomic E-state index is -0.766. The maximum Gasteiger partial charge on any atom is 0.0669 e. The van der Waals surface area contributed by atoms with E-state index in [2.05, 4.69) is 13.8 Å². The maximum atomic E-state index is 10.1. The van der Waals surface area contributed by atoms with Crippen LogP contribution in [-0.2, 0) is 0 Å². The van der Waals surface area contributed by atoms with Gasteiger partial charge in [0, 0.05) is 5.41 Å². The van der Waals surface area contributed by atoms with Crippen molar-refractivity contribution >= 4 is 0 Å². The van der Waals surface area contributed by atoms with Crippen molar-refractivity contribution < 1.29 is 10.2 Å². The third-order valence-electron chi connectivity index (χ3n) is 4.16. The average molecular weight is 200 g/mol. The molecule has 1 rings (SSSR count). The quantitative estimate of drug-likeness (QED) is 0.718. The smallest absolute Gasteiger partial charge is 0.0669 e. The van der Waals surface area contributed by atoms with Crippen molar-refractivity contribution in [1.29, 1.82) is 0 Å². The van der Waals surface area contributed by atoms with E-state index in [9.17, 15) is 10.2 Å². The summed E-state index contributed by atoms with van der Waals surface area (Å²) in [5, 5.41) is 19.6. The van der Waals surface area contributed by atoms with Gasteiger partial charge >= 0.3 is 0 Å². The third-order valence-corrected chi connectivity index (χ3v) is 4.16. The van der Waals surface area contributed by atoms with Crippen molar-refractivity contribution in [1.82, 2.24) is 0 Å². The van der Waals surface area contributed by atoms with Gasteiger partial charge in [0.05, 0.1) is 12.2 Å². The van der Waals surface area contributed by atoms with E-state index in [1.54, 1.807) is 0 Å². The fourth-order valence-corrected chi connectivity index (χ4v) is 2.37. The number of hydrogen-bond donors (Lipinski definition) is 2. The summed E-state index contributed by atoms with van der Waals surface area (Å²) in [6.07, 6.45) is 4.05. The lowest BCUT2D eigenvalue weighted by Crippen LogP contribution is -2.49. The zero-order valence-corrected chi connectivity index (χ0v) is 9.93. The molecule has 2 heteroatoms. The Morgan fingerprint density at radius 3 is 1.79 bits per heavy atom. The molecule has 14 heavy (non-hydrogen) atoms. The van der Waals surface area contributed by atoms with Gasteiger partial charge in [0.1, 0.15) is 0 Å². The number of hydrogen-bond acceptors (Lipinski definition) is 2. The van der Waals surface area contributed by atoms with Crippen molar-refractivity contribution in [2.24, 2.45) is 10.8 Å². The van der Waals surface area contributed by atoms with Crippen LogP contribution in [0.5, 0.6) is 0 Å². The predicted octanol–water partition coefficient (Wildman–Crippen LogP) is 2.34. The molecule has 2 nitrogen and oxygen atoms in total. The van der Waals surface area contributed by atoms with Gasteiger partial charge < -0.3 is 10.2 Å². The minimum Gasteiger partial charge on any atom is -0.396 e. The van der Waals surface area contributed by atoms with Crippen LogP contribution >= 0.6 is 0 Å². The molecule has 84 valence electrons. The molecule has 0 radical (unpaired) electrons. The summed E-state index contributed by atoms with van der Waals surface area (Å²) in [5.41, 5.74) is -0.662. The molecule has 0 amide bonds. The van der Waals surface area contributed by atoms with Crippen LogP contribution in [0.3, 0.4) is 0 Å². The Labute approximate surface area is 87.3 Å². The fraction of sp³-hybridized carbons (Fsp3) is 1.00. The van der Waals surface area contributed by atoms with Crippen molar-refractivity contribution in [2.45, 2.75) is 59.0 Å². The molecule has 0 unspecified atom stereocenters. The first-order chi connectivity index (χ1) is 6.22. The molecular formula is C12H24O2. The highest BCUT2D eigenvalue weighted by molar-refractivity contribution is 4.97. The highest BCUT2D eigenvalue weighted by Crippen LogP contribution is 2.49. The number of aliphatic hydroxyl groups excluding tert-OH is 1. The van der Waals surface area contributed by atoms with Crippen LogP contribution < -0.4 is 0 Å². The van der Waals surface area contributed by atoms with Gasteiger partial charge in [0.15, 0.2) is 0 Å². The summed E-state index contributed by atoms with van der Waals surface area (Å²) in [4.78, 5) is 0. The molecule has 0 bridgehead atoms. The van der Waals surface area contributed by atoms with Crippen LogP contribution in [0.25, 0.3) is 0 Å². The van der Waals surface area contributed by atoms with Crippen molar-refractivity contribution in [3.63, 3.8) is 0 Å². The first-order valence-electron chi connectivity index (χ1n) is 5.56. The van der Waals surface area contributed by atoms with Crippen molar-refractivity contribution in [3.8, 4) is 0 Å². The second-order valence-electron chi connectivity index (χ2n) is 6.16. The molecule has 1 aliphatic carbocycles. The Hall–Kier alpha value is -0.0800. The highest BCUT2D eigenvalue weighted by atomic mass is 16.3.